The van der Waals surface area contributed by atoms with Gasteiger partial charge in [0.1, 0.15) is 11.4 Å². The number of nitrogens with one attached hydrogen (secondary N) is 1. The Balaban J connectivity index is 1.89. The molecule has 0 radical (unpaired) electrons. The number of aromatic nitrogens is 3. The normalized spacial score (nSPS) is 10.6. The van der Waals surface area contributed by atoms with Crippen molar-refractivity contribution in [2.45, 2.75) is 26.8 Å². The van der Waals surface area contributed by atoms with Gasteiger partial charge in [-0.2, -0.15) is 5.10 Å². The number of hydrogen-bond donors (Lipinski definition) is 1. The molecule has 2 heterocycles. The molecule has 0 saturated carbocycles. The minimum Gasteiger partial charge on any atom is -0.359 e. The zero-order valence-corrected chi connectivity index (χ0v) is 10.9. The SMILES string of the molecule is Cc1noc(C)c1NC(=O)CCn1cc(Cl)cn1. The first-order valence-corrected chi connectivity index (χ1v) is 5.84. The summed E-state index contributed by atoms with van der Waals surface area (Å²) in [5.74, 6) is 0.485. The van der Waals surface area contributed by atoms with E-state index >= 15 is 0 Å². The van der Waals surface area contributed by atoms with Crippen LogP contribution in [0.3, 0.4) is 0 Å². The van der Waals surface area contributed by atoms with Gasteiger partial charge in [-0.15, -0.1) is 0 Å². The lowest BCUT2D eigenvalue weighted by Gasteiger charge is -2.04. The van der Waals surface area contributed by atoms with E-state index in [1.165, 1.54) is 6.20 Å². The van der Waals surface area contributed by atoms with E-state index in [1.807, 2.05) is 0 Å². The molecule has 6 nitrogen and oxygen atoms in total. The van der Waals surface area contributed by atoms with Gasteiger partial charge in [-0.05, 0) is 13.8 Å². The fraction of sp³-hybridized carbons (Fsp3) is 0.364. The monoisotopic (exact) mass is 268 g/mol. The first-order valence-electron chi connectivity index (χ1n) is 5.47. The van der Waals surface area contributed by atoms with Gasteiger partial charge in [-0.1, -0.05) is 16.8 Å². The van der Waals surface area contributed by atoms with Crippen LogP contribution < -0.4 is 5.32 Å². The minimum absolute atomic E-state index is 0.115. The predicted octanol–water partition coefficient (Wildman–Crippen LogP) is 2.17. The summed E-state index contributed by atoms with van der Waals surface area (Å²) in [5, 5.41) is 11.1. The minimum atomic E-state index is -0.115. The van der Waals surface area contributed by atoms with Gasteiger partial charge < -0.3 is 9.84 Å². The Morgan fingerprint density at radius 3 is 2.89 bits per heavy atom. The summed E-state index contributed by atoms with van der Waals surface area (Å²) in [7, 11) is 0. The number of rotatable bonds is 4. The number of amides is 1. The van der Waals surface area contributed by atoms with Gasteiger partial charge in [0.15, 0.2) is 5.76 Å². The molecule has 2 rings (SSSR count). The molecule has 2 aromatic rings. The maximum absolute atomic E-state index is 11.7. The fourth-order valence-electron chi connectivity index (χ4n) is 1.54. The van der Waals surface area contributed by atoms with Gasteiger partial charge in [0.25, 0.3) is 0 Å². The number of carbonyl (C=O) groups is 1. The molecule has 18 heavy (non-hydrogen) atoms. The van der Waals surface area contributed by atoms with Crippen molar-refractivity contribution >= 4 is 23.2 Å². The van der Waals surface area contributed by atoms with Gasteiger partial charge in [-0.3, -0.25) is 9.48 Å². The van der Waals surface area contributed by atoms with Crippen LogP contribution in [0, 0.1) is 13.8 Å². The molecule has 0 unspecified atom stereocenters. The Bertz CT molecular complexity index is 542. The van der Waals surface area contributed by atoms with Crippen molar-refractivity contribution in [3.05, 3.63) is 28.9 Å². The zero-order chi connectivity index (χ0) is 13.1. The lowest BCUT2D eigenvalue weighted by molar-refractivity contribution is -0.116. The Labute approximate surface area is 109 Å². The molecule has 7 heteroatoms. The van der Waals surface area contributed by atoms with Crippen LogP contribution in [-0.2, 0) is 11.3 Å². The maximum Gasteiger partial charge on any atom is 0.226 e. The van der Waals surface area contributed by atoms with Crippen LogP contribution in [0.25, 0.3) is 0 Å². The van der Waals surface area contributed by atoms with Crippen molar-refractivity contribution in [1.29, 1.82) is 0 Å². The van der Waals surface area contributed by atoms with Crippen molar-refractivity contribution in [3.8, 4) is 0 Å². The Kier molecular flexibility index (Phi) is 3.66. The molecule has 96 valence electrons. The second-order valence-corrected chi connectivity index (χ2v) is 4.36. The molecule has 0 aromatic carbocycles. The van der Waals surface area contributed by atoms with Crippen LogP contribution in [0.1, 0.15) is 17.9 Å². The molecular formula is C11H13ClN4O2. The van der Waals surface area contributed by atoms with Gasteiger partial charge in [0.2, 0.25) is 5.91 Å². The highest BCUT2D eigenvalue weighted by atomic mass is 35.5. The van der Waals surface area contributed by atoms with Crippen LogP contribution >= 0.6 is 11.6 Å². The Morgan fingerprint density at radius 1 is 1.56 bits per heavy atom. The highest BCUT2D eigenvalue weighted by molar-refractivity contribution is 6.30. The Hall–Kier alpha value is -1.82. The second-order valence-electron chi connectivity index (χ2n) is 3.92. The van der Waals surface area contributed by atoms with Gasteiger partial charge >= 0.3 is 0 Å². The zero-order valence-electron chi connectivity index (χ0n) is 10.1. The third-order valence-electron chi connectivity index (χ3n) is 2.47. The quantitative estimate of drug-likeness (QED) is 0.922. The number of anilines is 1. The molecule has 0 aliphatic heterocycles. The van der Waals surface area contributed by atoms with Gasteiger partial charge in [-0.25, -0.2) is 0 Å². The Morgan fingerprint density at radius 2 is 2.33 bits per heavy atom. The van der Waals surface area contributed by atoms with E-state index in [-0.39, 0.29) is 5.91 Å². The molecule has 1 amide bonds. The van der Waals surface area contributed by atoms with E-state index in [0.717, 1.165) is 0 Å². The van der Waals surface area contributed by atoms with Crippen LogP contribution in [-0.4, -0.2) is 20.8 Å². The number of nitrogens with zero attached hydrogens (tertiary/aromatic N) is 3. The van der Waals surface area contributed by atoms with Crippen molar-refractivity contribution in [2.75, 3.05) is 5.32 Å². The standard InChI is InChI=1S/C11H13ClN4O2/c1-7-11(8(2)18-15-7)14-10(17)3-4-16-6-9(12)5-13-16/h5-6H,3-4H2,1-2H3,(H,14,17). The van der Waals surface area contributed by atoms with Crippen molar-refractivity contribution < 1.29 is 9.32 Å². The highest BCUT2D eigenvalue weighted by Gasteiger charge is 2.12. The van der Waals surface area contributed by atoms with Crippen LogP contribution in [0.4, 0.5) is 5.69 Å². The molecular weight excluding hydrogens is 256 g/mol. The summed E-state index contributed by atoms with van der Waals surface area (Å²) in [6.07, 6.45) is 3.51. The molecule has 0 aliphatic carbocycles. The average Bonchev–Trinajstić information content (AvgIpc) is 2.87. The van der Waals surface area contributed by atoms with E-state index in [4.69, 9.17) is 16.1 Å². The predicted molar refractivity (Wildman–Crippen MR) is 66.5 cm³/mol. The summed E-state index contributed by atoms with van der Waals surface area (Å²) in [6, 6.07) is 0. The lowest BCUT2D eigenvalue weighted by atomic mass is 10.3. The summed E-state index contributed by atoms with van der Waals surface area (Å²) in [4.78, 5) is 11.7. The number of carbonyl (C=O) groups excluding carboxylic acids is 1. The van der Waals surface area contributed by atoms with E-state index in [1.54, 1.807) is 24.7 Å². The molecule has 2 aromatic heterocycles. The molecule has 1 N–H and O–H groups in total. The molecule has 0 aliphatic rings. The van der Waals surface area contributed by atoms with Gasteiger partial charge in [0.05, 0.1) is 11.2 Å². The topological polar surface area (TPSA) is 73.0 Å². The van der Waals surface area contributed by atoms with Crippen molar-refractivity contribution in [1.82, 2.24) is 14.9 Å². The third-order valence-corrected chi connectivity index (χ3v) is 2.66. The van der Waals surface area contributed by atoms with E-state index < -0.39 is 0 Å². The third kappa shape index (κ3) is 2.89. The van der Waals surface area contributed by atoms with Crippen molar-refractivity contribution in [3.63, 3.8) is 0 Å². The summed E-state index contributed by atoms with van der Waals surface area (Å²) >= 11 is 5.73. The summed E-state index contributed by atoms with van der Waals surface area (Å²) in [6.45, 7) is 4.00. The van der Waals surface area contributed by atoms with E-state index in [9.17, 15) is 4.79 Å². The summed E-state index contributed by atoms with van der Waals surface area (Å²) < 4.78 is 6.58. The van der Waals surface area contributed by atoms with Gasteiger partial charge in [0, 0.05) is 19.2 Å². The average molecular weight is 269 g/mol. The van der Waals surface area contributed by atoms with Crippen molar-refractivity contribution in [2.24, 2.45) is 0 Å². The molecule has 0 fully saturated rings. The number of hydrogen-bond acceptors (Lipinski definition) is 4. The van der Waals surface area contributed by atoms with Crippen LogP contribution in [0.2, 0.25) is 5.02 Å². The summed E-state index contributed by atoms with van der Waals surface area (Å²) in [5.41, 5.74) is 1.31. The number of aryl methyl sites for hydroxylation is 3. The molecule has 0 saturated heterocycles. The highest BCUT2D eigenvalue weighted by Crippen LogP contribution is 2.18. The van der Waals surface area contributed by atoms with E-state index in [2.05, 4.69) is 15.6 Å². The molecule has 0 bridgehead atoms. The van der Waals surface area contributed by atoms with E-state index in [0.29, 0.717) is 35.1 Å². The largest absolute Gasteiger partial charge is 0.359 e. The molecule has 0 atom stereocenters. The second kappa shape index (κ2) is 5.22. The van der Waals surface area contributed by atoms with Crippen LogP contribution in [0.5, 0.6) is 0 Å². The lowest BCUT2D eigenvalue weighted by Crippen LogP contribution is -2.15. The first-order chi connectivity index (χ1) is 8.56. The smallest absolute Gasteiger partial charge is 0.226 e. The number of halogens is 1. The van der Waals surface area contributed by atoms with Crippen LogP contribution in [0.15, 0.2) is 16.9 Å². The maximum atomic E-state index is 11.7. The fourth-order valence-corrected chi connectivity index (χ4v) is 1.70. The molecule has 0 spiro atoms. The first kappa shape index (κ1) is 12.6.